The molecule has 0 spiro atoms. The average Bonchev–Trinajstić information content (AvgIpc) is 2.88. The van der Waals surface area contributed by atoms with Gasteiger partial charge in [-0.15, -0.1) is 0 Å². The molecule has 0 saturated carbocycles. The number of nitrogens with zero attached hydrogens (tertiary/aromatic N) is 1. The Morgan fingerprint density at radius 1 is 1.35 bits per heavy atom. The van der Waals surface area contributed by atoms with Gasteiger partial charge in [0.2, 0.25) is 0 Å². The largest absolute Gasteiger partial charge is 0.481 e. The van der Waals surface area contributed by atoms with Crippen LogP contribution in [0.25, 0.3) is 0 Å². The fraction of sp³-hybridized carbons (Fsp3) is 0.357. The number of carbonyl (C=O) groups is 3. The van der Waals surface area contributed by atoms with E-state index in [1.165, 1.54) is 11.8 Å². The van der Waals surface area contributed by atoms with E-state index in [1.54, 1.807) is 24.3 Å². The number of nitrogens with one attached hydrogen (secondary N) is 1. The van der Waals surface area contributed by atoms with Crippen LogP contribution in [0.4, 0.5) is 10.5 Å². The SMILES string of the molecule is CC(=O)c1cccc(NC(=O)N2CCC(C(=O)O)C2)c1. The maximum Gasteiger partial charge on any atom is 0.321 e. The minimum atomic E-state index is -0.876. The van der Waals surface area contributed by atoms with Gasteiger partial charge in [-0.3, -0.25) is 9.59 Å². The average molecular weight is 276 g/mol. The molecule has 6 nitrogen and oxygen atoms in total. The minimum Gasteiger partial charge on any atom is -0.481 e. The number of carboxylic acids is 1. The van der Waals surface area contributed by atoms with Crippen LogP contribution in [0.5, 0.6) is 0 Å². The summed E-state index contributed by atoms with van der Waals surface area (Å²) in [6.07, 6.45) is 0.468. The standard InChI is InChI=1S/C14H16N2O4/c1-9(17)10-3-2-4-12(7-10)15-14(20)16-6-5-11(8-16)13(18)19/h2-4,7,11H,5-6,8H2,1H3,(H,15,20)(H,18,19). The molecule has 1 heterocycles. The van der Waals surface area contributed by atoms with Gasteiger partial charge >= 0.3 is 12.0 Å². The molecule has 1 atom stereocenters. The zero-order valence-electron chi connectivity index (χ0n) is 11.1. The summed E-state index contributed by atoms with van der Waals surface area (Å²) in [6.45, 7) is 2.10. The van der Waals surface area contributed by atoms with Crippen molar-refractivity contribution in [2.75, 3.05) is 18.4 Å². The van der Waals surface area contributed by atoms with Crippen LogP contribution in [0.2, 0.25) is 0 Å². The second kappa shape index (κ2) is 5.73. The topological polar surface area (TPSA) is 86.7 Å². The number of anilines is 1. The number of likely N-dealkylation sites (tertiary alicyclic amines) is 1. The maximum absolute atomic E-state index is 12.0. The number of hydrogen-bond acceptors (Lipinski definition) is 3. The molecule has 20 heavy (non-hydrogen) atoms. The molecular formula is C14H16N2O4. The Balaban J connectivity index is 2.00. The molecule has 0 aromatic heterocycles. The monoisotopic (exact) mass is 276 g/mol. The molecule has 1 unspecified atom stereocenters. The zero-order chi connectivity index (χ0) is 14.7. The summed E-state index contributed by atoms with van der Waals surface area (Å²) in [7, 11) is 0. The molecule has 2 N–H and O–H groups in total. The van der Waals surface area contributed by atoms with Crippen molar-refractivity contribution >= 4 is 23.5 Å². The number of amides is 2. The smallest absolute Gasteiger partial charge is 0.321 e. The highest BCUT2D eigenvalue weighted by Crippen LogP contribution is 2.18. The van der Waals surface area contributed by atoms with Crippen LogP contribution >= 0.6 is 0 Å². The van der Waals surface area contributed by atoms with Crippen molar-refractivity contribution in [2.24, 2.45) is 5.92 Å². The quantitative estimate of drug-likeness (QED) is 0.824. The molecule has 0 aliphatic carbocycles. The Hall–Kier alpha value is -2.37. The Morgan fingerprint density at radius 3 is 2.70 bits per heavy atom. The van der Waals surface area contributed by atoms with Crippen molar-refractivity contribution in [1.29, 1.82) is 0 Å². The fourth-order valence-electron chi connectivity index (χ4n) is 2.16. The highest BCUT2D eigenvalue weighted by molar-refractivity contribution is 5.96. The number of benzene rings is 1. The molecule has 2 amide bonds. The molecular weight excluding hydrogens is 260 g/mol. The fourth-order valence-corrected chi connectivity index (χ4v) is 2.16. The Kier molecular flexibility index (Phi) is 4.02. The number of carbonyl (C=O) groups excluding carboxylic acids is 2. The number of carboxylic acid groups (broad SMARTS) is 1. The highest BCUT2D eigenvalue weighted by atomic mass is 16.4. The summed E-state index contributed by atoms with van der Waals surface area (Å²) in [6, 6.07) is 6.32. The molecule has 0 radical (unpaired) electrons. The summed E-state index contributed by atoms with van der Waals surface area (Å²) < 4.78 is 0. The van der Waals surface area contributed by atoms with Gasteiger partial charge in [0.05, 0.1) is 5.92 Å². The lowest BCUT2D eigenvalue weighted by atomic mass is 10.1. The van der Waals surface area contributed by atoms with E-state index in [-0.39, 0.29) is 18.4 Å². The van der Waals surface area contributed by atoms with Crippen LogP contribution in [0, 0.1) is 5.92 Å². The molecule has 0 bridgehead atoms. The van der Waals surface area contributed by atoms with Crippen LogP contribution in [0.15, 0.2) is 24.3 Å². The second-order valence-electron chi connectivity index (χ2n) is 4.84. The Labute approximate surface area is 116 Å². The molecule has 6 heteroatoms. The van der Waals surface area contributed by atoms with E-state index < -0.39 is 11.9 Å². The third kappa shape index (κ3) is 3.14. The van der Waals surface area contributed by atoms with Crippen molar-refractivity contribution in [3.05, 3.63) is 29.8 Å². The van der Waals surface area contributed by atoms with Crippen LogP contribution in [-0.2, 0) is 4.79 Å². The molecule has 1 aromatic carbocycles. The Morgan fingerprint density at radius 2 is 2.10 bits per heavy atom. The summed E-state index contributed by atoms with van der Waals surface area (Å²) in [5.41, 5.74) is 1.05. The first-order valence-electron chi connectivity index (χ1n) is 6.37. The first-order chi connectivity index (χ1) is 9.47. The van der Waals surface area contributed by atoms with Crippen molar-refractivity contribution in [1.82, 2.24) is 4.90 Å². The third-order valence-corrected chi connectivity index (χ3v) is 3.35. The van der Waals surface area contributed by atoms with Gasteiger partial charge in [-0.25, -0.2) is 4.79 Å². The molecule has 106 valence electrons. The van der Waals surface area contributed by atoms with Gasteiger partial charge in [0.15, 0.2) is 5.78 Å². The van der Waals surface area contributed by atoms with Crippen LogP contribution < -0.4 is 5.32 Å². The Bertz CT molecular complexity index is 556. The lowest BCUT2D eigenvalue weighted by Gasteiger charge is -2.17. The van der Waals surface area contributed by atoms with Crippen LogP contribution in [-0.4, -0.2) is 40.9 Å². The normalized spacial score (nSPS) is 17.9. The molecule has 1 aliphatic rings. The van der Waals surface area contributed by atoms with E-state index in [9.17, 15) is 14.4 Å². The maximum atomic E-state index is 12.0. The summed E-state index contributed by atoms with van der Waals surface area (Å²) in [5, 5.41) is 11.6. The lowest BCUT2D eigenvalue weighted by molar-refractivity contribution is -0.141. The molecule has 1 aliphatic heterocycles. The van der Waals surface area contributed by atoms with Crippen LogP contribution in [0.3, 0.4) is 0 Å². The predicted molar refractivity (Wildman–Crippen MR) is 72.8 cm³/mol. The van der Waals surface area contributed by atoms with E-state index in [0.717, 1.165) is 0 Å². The number of hydrogen-bond donors (Lipinski definition) is 2. The lowest BCUT2D eigenvalue weighted by Crippen LogP contribution is -2.33. The van der Waals surface area contributed by atoms with Crippen molar-refractivity contribution in [2.45, 2.75) is 13.3 Å². The molecule has 2 rings (SSSR count). The zero-order valence-corrected chi connectivity index (χ0v) is 11.1. The number of Topliss-reactive ketones (excluding diaryl/α,β-unsaturated/α-hetero) is 1. The summed E-state index contributed by atoms with van der Waals surface area (Å²) in [4.78, 5) is 35.6. The van der Waals surface area contributed by atoms with Gasteiger partial charge < -0.3 is 15.3 Å². The van der Waals surface area contributed by atoms with E-state index in [0.29, 0.717) is 24.2 Å². The number of aliphatic carboxylic acids is 1. The molecule has 1 fully saturated rings. The number of urea groups is 1. The summed E-state index contributed by atoms with van der Waals surface area (Å²) >= 11 is 0. The van der Waals surface area contributed by atoms with Gasteiger partial charge in [0.25, 0.3) is 0 Å². The van der Waals surface area contributed by atoms with Gasteiger partial charge in [0, 0.05) is 24.3 Å². The van der Waals surface area contributed by atoms with Crippen LogP contribution in [0.1, 0.15) is 23.7 Å². The van der Waals surface area contributed by atoms with Gasteiger partial charge in [-0.05, 0) is 25.5 Å². The molecule has 1 aromatic rings. The van der Waals surface area contributed by atoms with Crippen molar-refractivity contribution < 1.29 is 19.5 Å². The predicted octanol–water partition coefficient (Wildman–Crippen LogP) is 1.83. The molecule has 1 saturated heterocycles. The van der Waals surface area contributed by atoms with Gasteiger partial charge in [0.1, 0.15) is 0 Å². The number of rotatable bonds is 3. The first kappa shape index (κ1) is 14.0. The highest BCUT2D eigenvalue weighted by Gasteiger charge is 2.30. The van der Waals surface area contributed by atoms with Crippen molar-refractivity contribution in [3.63, 3.8) is 0 Å². The van der Waals surface area contributed by atoms with E-state index in [2.05, 4.69) is 5.32 Å². The van der Waals surface area contributed by atoms with Gasteiger partial charge in [-0.1, -0.05) is 12.1 Å². The van der Waals surface area contributed by atoms with Gasteiger partial charge in [-0.2, -0.15) is 0 Å². The van der Waals surface area contributed by atoms with E-state index >= 15 is 0 Å². The van der Waals surface area contributed by atoms with Crippen molar-refractivity contribution in [3.8, 4) is 0 Å². The van der Waals surface area contributed by atoms with E-state index in [1.807, 2.05) is 0 Å². The number of ketones is 1. The minimum absolute atomic E-state index is 0.0757. The third-order valence-electron chi connectivity index (χ3n) is 3.35. The van der Waals surface area contributed by atoms with E-state index in [4.69, 9.17) is 5.11 Å². The first-order valence-corrected chi connectivity index (χ1v) is 6.37. The summed E-state index contributed by atoms with van der Waals surface area (Å²) in [5.74, 6) is -1.45. The second-order valence-corrected chi connectivity index (χ2v) is 4.84.